The maximum atomic E-state index is 13.2. The lowest BCUT2D eigenvalue weighted by Gasteiger charge is -2.41. The van der Waals surface area contributed by atoms with Crippen LogP contribution in [0.2, 0.25) is 0 Å². The van der Waals surface area contributed by atoms with E-state index in [4.69, 9.17) is 9.47 Å². The predicted molar refractivity (Wildman–Crippen MR) is 292 cm³/mol. The van der Waals surface area contributed by atoms with E-state index in [9.17, 15) is 38.2 Å². The van der Waals surface area contributed by atoms with Gasteiger partial charge in [-0.15, -0.1) is 0 Å². The quantitative estimate of drug-likeness (QED) is 0.0193. The number of rotatable bonds is 52. The Morgan fingerprint density at radius 3 is 1.34 bits per heavy atom. The largest absolute Gasteiger partial charge is 0.397 e. The van der Waals surface area contributed by atoms with E-state index in [-0.39, 0.29) is 18.9 Å². The molecule has 1 aliphatic heterocycles. The minimum atomic E-state index is -5.08. The summed E-state index contributed by atoms with van der Waals surface area (Å²) in [5, 5.41) is 45.2. The van der Waals surface area contributed by atoms with Crippen LogP contribution in [-0.2, 0) is 28.9 Å². The summed E-state index contributed by atoms with van der Waals surface area (Å²) in [5.74, 6) is -0.233. The van der Waals surface area contributed by atoms with Gasteiger partial charge in [0.1, 0.15) is 24.4 Å². The monoisotopic (exact) mass is 1030 g/mol. The Balaban J connectivity index is 2.36. The topological polar surface area (TPSA) is 192 Å². The Kier molecular flexibility index (Phi) is 45.9. The third kappa shape index (κ3) is 40.6. The molecule has 13 heteroatoms. The van der Waals surface area contributed by atoms with Gasteiger partial charge in [0.05, 0.1) is 25.4 Å². The van der Waals surface area contributed by atoms with Crippen LogP contribution in [0.25, 0.3) is 0 Å². The van der Waals surface area contributed by atoms with Gasteiger partial charge >= 0.3 is 10.4 Å². The molecule has 0 bridgehead atoms. The second kappa shape index (κ2) is 48.2. The highest BCUT2D eigenvalue weighted by Gasteiger charge is 2.48. The van der Waals surface area contributed by atoms with Crippen LogP contribution in [0.15, 0.2) is 24.3 Å². The smallest absolute Gasteiger partial charge is 0.394 e. The summed E-state index contributed by atoms with van der Waals surface area (Å²) in [5.41, 5.74) is 0. The Hall–Kier alpha value is -1.42. The molecule has 6 N–H and O–H groups in total. The number of amides is 1. The summed E-state index contributed by atoms with van der Waals surface area (Å²) < 4.78 is 47.9. The van der Waals surface area contributed by atoms with Crippen LogP contribution >= 0.6 is 0 Å². The molecule has 420 valence electrons. The van der Waals surface area contributed by atoms with Crippen molar-refractivity contribution in [3.05, 3.63) is 24.3 Å². The lowest BCUT2D eigenvalue weighted by atomic mass is 9.99. The average Bonchev–Trinajstić information content (AvgIpc) is 3.34. The molecule has 71 heavy (non-hydrogen) atoms. The number of aliphatic hydroxyl groups excluding tert-OH is 4. The lowest BCUT2D eigenvalue weighted by molar-refractivity contribution is -0.298. The maximum Gasteiger partial charge on any atom is 0.397 e. The Bertz CT molecular complexity index is 1350. The van der Waals surface area contributed by atoms with Gasteiger partial charge in [-0.2, -0.15) is 8.42 Å². The molecule has 7 atom stereocenters. The minimum Gasteiger partial charge on any atom is -0.394 e. The lowest BCUT2D eigenvalue weighted by Crippen LogP contribution is -2.61. The molecule has 0 spiro atoms. The number of unbranched alkanes of at least 4 members (excludes halogenated alkanes) is 36. The van der Waals surface area contributed by atoms with Crippen molar-refractivity contribution in [1.82, 2.24) is 5.32 Å². The normalized spacial score (nSPS) is 19.6. The zero-order valence-corrected chi connectivity index (χ0v) is 46.4. The first-order valence-corrected chi connectivity index (χ1v) is 31.1. The van der Waals surface area contributed by atoms with Crippen molar-refractivity contribution in [1.29, 1.82) is 0 Å². The van der Waals surface area contributed by atoms with Crippen LogP contribution in [0, 0.1) is 0 Å². The van der Waals surface area contributed by atoms with E-state index in [1.165, 1.54) is 193 Å². The molecule has 1 amide bonds. The van der Waals surface area contributed by atoms with Gasteiger partial charge in [-0.3, -0.25) is 9.35 Å². The molecule has 0 aromatic heterocycles. The zero-order valence-electron chi connectivity index (χ0n) is 45.6. The fourth-order valence-electron chi connectivity index (χ4n) is 9.67. The van der Waals surface area contributed by atoms with Crippen LogP contribution in [0.4, 0.5) is 0 Å². The first-order chi connectivity index (χ1) is 34.5. The van der Waals surface area contributed by atoms with Crippen molar-refractivity contribution in [3.63, 3.8) is 0 Å². The summed E-state index contributed by atoms with van der Waals surface area (Å²) >= 11 is 0. The van der Waals surface area contributed by atoms with Crippen LogP contribution in [0.1, 0.15) is 284 Å². The number of hydrogen-bond acceptors (Lipinski definition) is 10. The molecule has 0 aromatic rings. The first kappa shape index (κ1) is 67.6. The zero-order chi connectivity index (χ0) is 51.9. The van der Waals surface area contributed by atoms with Gasteiger partial charge in [-0.1, -0.05) is 256 Å². The van der Waals surface area contributed by atoms with Gasteiger partial charge in [-0.05, 0) is 44.9 Å². The SMILES string of the molecule is CCCCCCCCCCC/C=C\C/C=C\CCCCCCCCCC(=O)NC(COC1OC(CO)C(O)C(OS(=O)(=O)O)C1O)C(O)CCCCCCCCCCCCCCCCCCCCCCC. The van der Waals surface area contributed by atoms with E-state index in [1.807, 2.05) is 0 Å². The second-order valence-corrected chi connectivity index (χ2v) is 22.0. The van der Waals surface area contributed by atoms with E-state index in [1.54, 1.807) is 0 Å². The third-order valence-electron chi connectivity index (χ3n) is 14.3. The van der Waals surface area contributed by atoms with Crippen LogP contribution in [0.5, 0.6) is 0 Å². The van der Waals surface area contributed by atoms with Gasteiger partial charge in [0.25, 0.3) is 0 Å². The van der Waals surface area contributed by atoms with Crippen LogP contribution in [-0.4, -0.2) is 95.4 Å². The van der Waals surface area contributed by atoms with Crippen molar-refractivity contribution in [2.45, 2.75) is 326 Å². The van der Waals surface area contributed by atoms with E-state index in [0.717, 1.165) is 57.8 Å². The Morgan fingerprint density at radius 1 is 0.563 bits per heavy atom. The predicted octanol–water partition coefficient (Wildman–Crippen LogP) is 14.0. The van der Waals surface area contributed by atoms with E-state index in [2.05, 4.69) is 47.7 Å². The Morgan fingerprint density at radius 2 is 0.944 bits per heavy atom. The number of ether oxygens (including phenoxy) is 2. The number of nitrogens with one attached hydrogen (secondary N) is 1. The van der Waals surface area contributed by atoms with E-state index < -0.39 is 59.9 Å². The molecule has 0 aliphatic carbocycles. The molecule has 12 nitrogen and oxygen atoms in total. The van der Waals surface area contributed by atoms with E-state index in [0.29, 0.717) is 12.8 Å². The van der Waals surface area contributed by atoms with Crippen molar-refractivity contribution in [3.8, 4) is 0 Å². The fourth-order valence-corrected chi connectivity index (χ4v) is 10.2. The molecular weight excluding hydrogens is 919 g/mol. The number of aliphatic hydroxyl groups is 4. The minimum absolute atomic E-state index is 0.233. The third-order valence-corrected chi connectivity index (χ3v) is 14.7. The van der Waals surface area contributed by atoms with Crippen LogP contribution < -0.4 is 5.32 Å². The van der Waals surface area contributed by atoms with Gasteiger partial charge in [0.15, 0.2) is 6.29 Å². The highest BCUT2D eigenvalue weighted by atomic mass is 32.3. The molecule has 0 saturated carbocycles. The first-order valence-electron chi connectivity index (χ1n) is 29.7. The standard InChI is InChI=1S/C58H111NO11S/c1-3-5-7-9-11-13-15-17-19-21-23-25-26-28-30-32-34-36-38-40-42-44-46-48-54(62)59-51(50-68-58-56(64)57(70-71(65,66)67)55(63)53(49-60)69-58)52(61)47-45-43-41-39-37-35-33-31-29-27-24-22-20-18-16-14-12-10-8-6-4-2/h23,25,28,30,51-53,55-58,60-61,63-64H,3-22,24,26-27,29,31-50H2,1-2H3,(H,59,62)(H,65,66,67)/b25-23-,30-28-. The molecule has 1 aliphatic rings. The van der Waals surface area contributed by atoms with Crippen LogP contribution in [0.3, 0.4) is 0 Å². The summed E-state index contributed by atoms with van der Waals surface area (Å²) in [6.07, 6.45) is 50.4. The molecule has 1 rings (SSSR count). The summed E-state index contributed by atoms with van der Waals surface area (Å²) in [6.45, 7) is 3.49. The fraction of sp³-hybridized carbons (Fsp3) is 0.914. The molecular formula is C58H111NO11S. The second-order valence-electron chi connectivity index (χ2n) is 20.9. The van der Waals surface area contributed by atoms with Gasteiger partial charge in [0, 0.05) is 6.42 Å². The van der Waals surface area contributed by atoms with Crippen molar-refractivity contribution in [2.75, 3.05) is 13.2 Å². The molecule has 0 aromatic carbocycles. The summed E-state index contributed by atoms with van der Waals surface area (Å²) in [7, 11) is -5.08. The molecule has 1 heterocycles. The molecule has 1 fully saturated rings. The number of carbonyl (C=O) groups is 1. The molecule has 7 unspecified atom stereocenters. The highest BCUT2D eigenvalue weighted by molar-refractivity contribution is 7.80. The number of hydrogen-bond donors (Lipinski definition) is 6. The maximum absolute atomic E-state index is 13.2. The van der Waals surface area contributed by atoms with Crippen molar-refractivity contribution < 1.29 is 51.8 Å². The van der Waals surface area contributed by atoms with Crippen molar-refractivity contribution in [2.24, 2.45) is 0 Å². The van der Waals surface area contributed by atoms with Crippen molar-refractivity contribution >= 4 is 16.3 Å². The van der Waals surface area contributed by atoms with Gasteiger partial charge in [-0.25, -0.2) is 4.18 Å². The van der Waals surface area contributed by atoms with E-state index >= 15 is 0 Å². The van der Waals surface area contributed by atoms with Gasteiger partial charge < -0.3 is 35.2 Å². The molecule has 0 radical (unpaired) electrons. The number of allylic oxidation sites excluding steroid dienone is 4. The summed E-state index contributed by atoms with van der Waals surface area (Å²) in [4.78, 5) is 13.2. The Labute approximate surface area is 435 Å². The van der Waals surface area contributed by atoms with Gasteiger partial charge in [0.2, 0.25) is 5.91 Å². The highest BCUT2D eigenvalue weighted by Crippen LogP contribution is 2.26. The average molecular weight is 1030 g/mol. The number of carbonyl (C=O) groups excluding carboxylic acids is 1. The molecule has 1 saturated heterocycles. The summed E-state index contributed by atoms with van der Waals surface area (Å²) in [6, 6.07) is -0.863.